The number of benzene rings is 1. The van der Waals surface area contributed by atoms with Crippen LogP contribution in [0.25, 0.3) is 11.0 Å². The first kappa shape index (κ1) is 14.7. The minimum absolute atomic E-state index is 0.0924. The van der Waals surface area contributed by atoms with E-state index < -0.39 is 0 Å². The molecule has 1 unspecified atom stereocenters. The van der Waals surface area contributed by atoms with Gasteiger partial charge in [0.2, 0.25) is 0 Å². The van der Waals surface area contributed by atoms with E-state index >= 15 is 0 Å². The van der Waals surface area contributed by atoms with E-state index in [0.717, 1.165) is 40.8 Å². The fraction of sp³-hybridized carbons (Fsp3) is 0.533. The number of hydrogen-bond donors (Lipinski definition) is 0. The quantitative estimate of drug-likeness (QED) is 0.673. The van der Waals surface area contributed by atoms with Gasteiger partial charge in [-0.3, -0.25) is 0 Å². The van der Waals surface area contributed by atoms with Gasteiger partial charge in [-0.25, -0.2) is 4.98 Å². The Bertz CT molecular complexity index is 559. The lowest BCUT2D eigenvalue weighted by Crippen LogP contribution is -2.05. The summed E-state index contributed by atoms with van der Waals surface area (Å²) in [6, 6.07) is 5.80. The monoisotopic (exact) mass is 298 g/mol. The van der Waals surface area contributed by atoms with Crippen LogP contribution in [0.15, 0.2) is 18.2 Å². The minimum atomic E-state index is -0.0924. The van der Waals surface area contributed by atoms with Gasteiger partial charge < -0.3 is 4.57 Å². The van der Waals surface area contributed by atoms with Crippen molar-refractivity contribution >= 4 is 34.2 Å². The standard InChI is InChI=1S/C15H20Cl2N2/c1-10(2)5-4-8-19-14-9-12(17)6-7-13(14)18-15(19)11(3)16/h6-7,9-11H,4-5,8H2,1-3H3. The highest BCUT2D eigenvalue weighted by Gasteiger charge is 2.15. The normalized spacial score (nSPS) is 13.4. The molecule has 0 spiro atoms. The second-order valence-corrected chi connectivity index (χ2v) is 6.50. The molecule has 2 rings (SSSR count). The molecule has 0 saturated carbocycles. The lowest BCUT2D eigenvalue weighted by atomic mass is 10.1. The Labute approximate surface area is 124 Å². The van der Waals surface area contributed by atoms with E-state index in [0.29, 0.717) is 0 Å². The van der Waals surface area contributed by atoms with E-state index in [2.05, 4.69) is 23.4 Å². The van der Waals surface area contributed by atoms with Gasteiger partial charge in [0.05, 0.1) is 16.4 Å². The summed E-state index contributed by atoms with van der Waals surface area (Å²) in [5.41, 5.74) is 2.05. The molecule has 0 aliphatic rings. The van der Waals surface area contributed by atoms with Crippen molar-refractivity contribution in [2.75, 3.05) is 0 Å². The predicted molar refractivity (Wildman–Crippen MR) is 83.1 cm³/mol. The van der Waals surface area contributed by atoms with Crippen LogP contribution in [0.5, 0.6) is 0 Å². The first-order valence-electron chi connectivity index (χ1n) is 6.78. The third kappa shape index (κ3) is 3.43. The molecule has 0 N–H and O–H groups in total. The Hall–Kier alpha value is -0.730. The predicted octanol–water partition coefficient (Wildman–Crippen LogP) is 5.43. The Kier molecular flexibility index (Phi) is 4.75. The molecule has 2 aromatic rings. The fourth-order valence-corrected chi connectivity index (χ4v) is 2.64. The van der Waals surface area contributed by atoms with Gasteiger partial charge in [0.15, 0.2) is 0 Å². The molecular weight excluding hydrogens is 279 g/mol. The highest BCUT2D eigenvalue weighted by Crippen LogP contribution is 2.27. The molecule has 19 heavy (non-hydrogen) atoms. The van der Waals surface area contributed by atoms with Crippen LogP contribution in [0.1, 0.15) is 44.8 Å². The summed E-state index contributed by atoms with van der Waals surface area (Å²) in [7, 11) is 0. The molecule has 1 atom stereocenters. The summed E-state index contributed by atoms with van der Waals surface area (Å²) < 4.78 is 2.21. The smallest absolute Gasteiger partial charge is 0.127 e. The first-order valence-corrected chi connectivity index (χ1v) is 7.60. The van der Waals surface area contributed by atoms with Crippen LogP contribution >= 0.6 is 23.2 Å². The summed E-state index contributed by atoms with van der Waals surface area (Å²) in [5, 5.41) is 0.650. The van der Waals surface area contributed by atoms with Gasteiger partial charge in [0.1, 0.15) is 5.82 Å². The Morgan fingerprint density at radius 2 is 2.00 bits per heavy atom. The molecule has 104 valence electrons. The van der Waals surface area contributed by atoms with Crippen LogP contribution in [-0.2, 0) is 6.54 Å². The molecular formula is C15H20Cl2N2. The molecule has 2 nitrogen and oxygen atoms in total. The van der Waals surface area contributed by atoms with E-state index in [1.807, 2.05) is 25.1 Å². The number of hydrogen-bond acceptors (Lipinski definition) is 1. The van der Waals surface area contributed by atoms with Crippen molar-refractivity contribution < 1.29 is 0 Å². The van der Waals surface area contributed by atoms with Crippen molar-refractivity contribution in [3.63, 3.8) is 0 Å². The van der Waals surface area contributed by atoms with Crippen molar-refractivity contribution in [3.05, 3.63) is 29.0 Å². The molecule has 1 aromatic carbocycles. The van der Waals surface area contributed by atoms with Crippen molar-refractivity contribution in [2.45, 2.75) is 45.5 Å². The number of fused-ring (bicyclic) bond motifs is 1. The molecule has 0 amide bonds. The van der Waals surface area contributed by atoms with E-state index in [9.17, 15) is 0 Å². The summed E-state index contributed by atoms with van der Waals surface area (Å²) in [5.74, 6) is 1.65. The van der Waals surface area contributed by atoms with E-state index in [1.165, 1.54) is 6.42 Å². The van der Waals surface area contributed by atoms with Crippen LogP contribution in [0.4, 0.5) is 0 Å². The number of alkyl halides is 1. The second-order valence-electron chi connectivity index (χ2n) is 5.41. The third-order valence-corrected chi connectivity index (χ3v) is 3.69. The topological polar surface area (TPSA) is 17.8 Å². The van der Waals surface area contributed by atoms with Crippen molar-refractivity contribution in [1.82, 2.24) is 9.55 Å². The second kappa shape index (κ2) is 6.15. The summed E-state index contributed by atoms with van der Waals surface area (Å²) in [6.07, 6.45) is 2.34. The van der Waals surface area contributed by atoms with Crippen LogP contribution in [-0.4, -0.2) is 9.55 Å². The first-order chi connectivity index (χ1) is 8.99. The van der Waals surface area contributed by atoms with Crippen molar-refractivity contribution in [1.29, 1.82) is 0 Å². The summed E-state index contributed by atoms with van der Waals surface area (Å²) in [4.78, 5) is 4.62. The average Bonchev–Trinajstić information content (AvgIpc) is 2.67. The van der Waals surface area contributed by atoms with Crippen LogP contribution in [0, 0.1) is 5.92 Å². The molecule has 0 fully saturated rings. The zero-order chi connectivity index (χ0) is 14.0. The molecule has 0 bridgehead atoms. The fourth-order valence-electron chi connectivity index (χ4n) is 2.31. The number of nitrogens with zero attached hydrogens (tertiary/aromatic N) is 2. The van der Waals surface area contributed by atoms with Gasteiger partial charge >= 0.3 is 0 Å². The Morgan fingerprint density at radius 1 is 1.26 bits per heavy atom. The third-order valence-electron chi connectivity index (χ3n) is 3.26. The zero-order valence-electron chi connectivity index (χ0n) is 11.7. The minimum Gasteiger partial charge on any atom is -0.327 e. The Morgan fingerprint density at radius 3 is 2.63 bits per heavy atom. The van der Waals surface area contributed by atoms with E-state index in [4.69, 9.17) is 23.2 Å². The molecule has 1 heterocycles. The van der Waals surface area contributed by atoms with Gasteiger partial charge in [-0.2, -0.15) is 0 Å². The van der Waals surface area contributed by atoms with Crippen molar-refractivity contribution in [3.8, 4) is 0 Å². The number of aromatic nitrogens is 2. The summed E-state index contributed by atoms with van der Waals surface area (Å²) in [6.45, 7) is 7.40. The van der Waals surface area contributed by atoms with Gasteiger partial charge in [-0.1, -0.05) is 25.4 Å². The largest absolute Gasteiger partial charge is 0.327 e. The average molecular weight is 299 g/mol. The van der Waals surface area contributed by atoms with Crippen LogP contribution in [0.2, 0.25) is 5.02 Å². The maximum absolute atomic E-state index is 6.24. The molecule has 0 saturated heterocycles. The van der Waals surface area contributed by atoms with Crippen LogP contribution in [0.3, 0.4) is 0 Å². The maximum atomic E-state index is 6.24. The lowest BCUT2D eigenvalue weighted by molar-refractivity contribution is 0.509. The number of aryl methyl sites for hydroxylation is 1. The Balaban J connectivity index is 2.36. The lowest BCUT2D eigenvalue weighted by Gasteiger charge is -2.11. The van der Waals surface area contributed by atoms with Crippen molar-refractivity contribution in [2.24, 2.45) is 5.92 Å². The van der Waals surface area contributed by atoms with Gasteiger partial charge in [-0.15, -0.1) is 11.6 Å². The molecule has 0 aliphatic heterocycles. The zero-order valence-corrected chi connectivity index (χ0v) is 13.2. The highest BCUT2D eigenvalue weighted by atomic mass is 35.5. The highest BCUT2D eigenvalue weighted by molar-refractivity contribution is 6.31. The SMILES string of the molecule is CC(C)CCCn1c(C(C)Cl)nc2ccc(Cl)cc21. The van der Waals surface area contributed by atoms with Gasteiger partial charge in [-0.05, 0) is 43.9 Å². The molecule has 0 radical (unpaired) electrons. The molecule has 0 aliphatic carbocycles. The number of imidazole rings is 1. The van der Waals surface area contributed by atoms with E-state index in [-0.39, 0.29) is 5.38 Å². The van der Waals surface area contributed by atoms with Gasteiger partial charge in [0, 0.05) is 11.6 Å². The summed E-state index contributed by atoms with van der Waals surface area (Å²) >= 11 is 12.3. The number of halogens is 2. The maximum Gasteiger partial charge on any atom is 0.127 e. The molecule has 4 heteroatoms. The number of rotatable bonds is 5. The van der Waals surface area contributed by atoms with E-state index in [1.54, 1.807) is 0 Å². The molecule has 1 aromatic heterocycles. The van der Waals surface area contributed by atoms with Gasteiger partial charge in [0.25, 0.3) is 0 Å². The van der Waals surface area contributed by atoms with Crippen LogP contribution < -0.4 is 0 Å².